The molecular formula is C38H28N5+. The maximum absolute atomic E-state index is 4.81. The molecule has 6 aromatic carbocycles. The predicted octanol–water partition coefficient (Wildman–Crippen LogP) is 9.27. The van der Waals surface area contributed by atoms with E-state index < -0.39 is 0 Å². The lowest BCUT2D eigenvalue weighted by Gasteiger charge is -2.40. The number of H-pyrrole nitrogens is 1. The van der Waals surface area contributed by atoms with Crippen LogP contribution in [0.2, 0.25) is 0 Å². The summed E-state index contributed by atoms with van der Waals surface area (Å²) < 4.78 is 2.19. The summed E-state index contributed by atoms with van der Waals surface area (Å²) in [5.74, 6) is 1.79. The van der Waals surface area contributed by atoms with E-state index in [1.54, 1.807) is 0 Å². The summed E-state index contributed by atoms with van der Waals surface area (Å²) in [5.41, 5.74) is 9.90. The lowest BCUT2D eigenvalue weighted by atomic mass is 10.0. The number of nitrogens with one attached hydrogen (secondary N) is 1. The van der Waals surface area contributed by atoms with Crippen LogP contribution in [0.25, 0.3) is 28.5 Å². The molecule has 0 atom stereocenters. The maximum Gasteiger partial charge on any atom is 0.314 e. The summed E-state index contributed by atoms with van der Waals surface area (Å²) in [6.07, 6.45) is 0. The van der Waals surface area contributed by atoms with E-state index in [2.05, 4.69) is 159 Å². The number of aromatic nitrogens is 3. The summed E-state index contributed by atoms with van der Waals surface area (Å²) in [5, 5.41) is 8.12. The molecule has 1 aliphatic rings. The maximum atomic E-state index is 4.81. The van der Waals surface area contributed by atoms with Crippen LogP contribution in [0.5, 0.6) is 0 Å². The Labute approximate surface area is 250 Å². The Morgan fingerprint density at radius 2 is 0.860 bits per heavy atom. The average Bonchev–Trinajstić information content (AvgIpc) is 3.54. The Bertz CT molecular complexity index is 1970. The Balaban J connectivity index is 1.24. The number of fused-ring (bicyclic) bond motifs is 2. The van der Waals surface area contributed by atoms with Gasteiger partial charge in [0.05, 0.1) is 33.9 Å². The minimum Gasteiger partial charge on any atom is -0.306 e. The van der Waals surface area contributed by atoms with Crippen molar-refractivity contribution in [3.63, 3.8) is 0 Å². The van der Waals surface area contributed by atoms with Crippen molar-refractivity contribution in [1.29, 1.82) is 0 Å². The van der Waals surface area contributed by atoms with Crippen LogP contribution in [0.1, 0.15) is 0 Å². The van der Waals surface area contributed by atoms with Crippen molar-refractivity contribution >= 4 is 34.1 Å². The van der Waals surface area contributed by atoms with Crippen molar-refractivity contribution in [1.82, 2.24) is 10.2 Å². The number of nitrogens with zero attached hydrogens (tertiary/aromatic N) is 4. The van der Waals surface area contributed by atoms with Crippen LogP contribution in [-0.4, -0.2) is 10.2 Å². The average molecular weight is 555 g/mol. The van der Waals surface area contributed by atoms with E-state index in [0.29, 0.717) is 0 Å². The van der Waals surface area contributed by atoms with E-state index in [-0.39, 0.29) is 0 Å². The van der Waals surface area contributed by atoms with Crippen LogP contribution < -0.4 is 14.4 Å². The summed E-state index contributed by atoms with van der Waals surface area (Å²) in [4.78, 5) is 4.69. The third-order valence-corrected chi connectivity index (χ3v) is 7.89. The van der Waals surface area contributed by atoms with E-state index in [9.17, 15) is 0 Å². The second kappa shape index (κ2) is 10.5. The highest BCUT2D eigenvalue weighted by atomic mass is 15.3. The molecule has 1 N–H and O–H groups in total. The standard InChI is InChI=1S/C38H27N5/c1-4-14-28(15-5-1)37-39-40-38(43(37)31-18-8-3-9-19-31)29-24-26-32(27-25-29)42-35-22-12-10-20-33(35)41(30-16-6-2-7-17-30)34-21-11-13-23-36(34)42/h1-27H/p+1. The molecule has 7 aromatic rings. The summed E-state index contributed by atoms with van der Waals surface area (Å²) in [6.45, 7) is 0. The van der Waals surface area contributed by atoms with Gasteiger partial charge in [-0.15, -0.1) is 5.10 Å². The minimum absolute atomic E-state index is 0.853. The van der Waals surface area contributed by atoms with E-state index in [1.165, 1.54) is 0 Å². The second-order valence-electron chi connectivity index (χ2n) is 10.5. The molecule has 1 aliphatic heterocycles. The number of rotatable bonds is 5. The predicted molar refractivity (Wildman–Crippen MR) is 174 cm³/mol. The fourth-order valence-electron chi connectivity index (χ4n) is 5.96. The van der Waals surface area contributed by atoms with E-state index in [1.807, 2.05) is 24.3 Å². The van der Waals surface area contributed by atoms with Gasteiger partial charge < -0.3 is 9.80 Å². The zero-order valence-corrected chi connectivity index (χ0v) is 23.4. The fourth-order valence-corrected chi connectivity index (χ4v) is 5.96. The first-order valence-corrected chi connectivity index (χ1v) is 14.4. The quantitative estimate of drug-likeness (QED) is 0.216. The van der Waals surface area contributed by atoms with Gasteiger partial charge in [0.15, 0.2) is 0 Å². The first-order chi connectivity index (χ1) is 21.4. The van der Waals surface area contributed by atoms with Gasteiger partial charge in [-0.1, -0.05) is 78.9 Å². The molecule has 0 radical (unpaired) electrons. The van der Waals surface area contributed by atoms with Crippen molar-refractivity contribution in [2.75, 3.05) is 9.80 Å². The summed E-state index contributed by atoms with van der Waals surface area (Å²) >= 11 is 0. The molecular weight excluding hydrogens is 526 g/mol. The van der Waals surface area contributed by atoms with E-state index in [0.717, 1.165) is 62.6 Å². The first-order valence-electron chi connectivity index (χ1n) is 14.4. The summed E-state index contributed by atoms with van der Waals surface area (Å²) in [6, 6.07) is 57.1. The van der Waals surface area contributed by atoms with E-state index in [4.69, 9.17) is 5.10 Å². The molecule has 0 spiro atoms. The lowest BCUT2D eigenvalue weighted by molar-refractivity contribution is -0.572. The van der Waals surface area contributed by atoms with Crippen molar-refractivity contribution in [3.8, 4) is 28.5 Å². The van der Waals surface area contributed by atoms with Gasteiger partial charge in [0.1, 0.15) is 5.69 Å². The molecule has 8 rings (SSSR count). The molecule has 0 unspecified atom stereocenters. The normalized spacial score (nSPS) is 12.1. The molecule has 5 nitrogen and oxygen atoms in total. The zero-order valence-electron chi connectivity index (χ0n) is 23.4. The third kappa shape index (κ3) is 4.26. The minimum atomic E-state index is 0.853. The molecule has 204 valence electrons. The van der Waals surface area contributed by atoms with Crippen molar-refractivity contribution in [3.05, 3.63) is 164 Å². The largest absolute Gasteiger partial charge is 0.314 e. The number of hydrogen-bond donors (Lipinski definition) is 1. The molecule has 2 heterocycles. The Hall–Kier alpha value is -5.94. The Morgan fingerprint density at radius 1 is 0.419 bits per heavy atom. The molecule has 0 amide bonds. The Morgan fingerprint density at radius 3 is 1.40 bits per heavy atom. The van der Waals surface area contributed by atoms with Gasteiger partial charge in [0.2, 0.25) is 0 Å². The van der Waals surface area contributed by atoms with Crippen LogP contribution in [-0.2, 0) is 0 Å². The van der Waals surface area contributed by atoms with Crippen LogP contribution in [0.4, 0.5) is 34.1 Å². The van der Waals surface area contributed by atoms with Gasteiger partial charge in [-0.3, -0.25) is 0 Å². The van der Waals surface area contributed by atoms with E-state index >= 15 is 0 Å². The highest BCUT2D eigenvalue weighted by Crippen LogP contribution is 2.53. The van der Waals surface area contributed by atoms with Crippen LogP contribution in [0.15, 0.2) is 164 Å². The van der Waals surface area contributed by atoms with Crippen molar-refractivity contribution in [2.24, 2.45) is 0 Å². The lowest BCUT2D eigenvalue weighted by Crippen LogP contribution is -2.34. The Kier molecular flexibility index (Phi) is 6.05. The first kappa shape index (κ1) is 24.8. The monoisotopic (exact) mass is 554 g/mol. The molecule has 0 aliphatic carbocycles. The van der Waals surface area contributed by atoms with Crippen molar-refractivity contribution < 1.29 is 4.57 Å². The van der Waals surface area contributed by atoms with Crippen LogP contribution in [0, 0.1) is 0 Å². The highest BCUT2D eigenvalue weighted by molar-refractivity contribution is 6.01. The number of hydrogen-bond acceptors (Lipinski definition) is 3. The van der Waals surface area contributed by atoms with Gasteiger partial charge in [-0.05, 0) is 84.9 Å². The highest BCUT2D eigenvalue weighted by Gasteiger charge is 2.30. The molecule has 43 heavy (non-hydrogen) atoms. The van der Waals surface area contributed by atoms with Crippen LogP contribution in [0.3, 0.4) is 0 Å². The number of para-hydroxylation sites is 6. The van der Waals surface area contributed by atoms with Gasteiger partial charge in [0.25, 0.3) is 5.82 Å². The second-order valence-corrected chi connectivity index (χ2v) is 10.5. The molecule has 5 heteroatoms. The van der Waals surface area contributed by atoms with Gasteiger partial charge >= 0.3 is 5.82 Å². The summed E-state index contributed by atoms with van der Waals surface area (Å²) in [7, 11) is 0. The molecule has 0 saturated heterocycles. The molecule has 0 saturated carbocycles. The van der Waals surface area contributed by atoms with Gasteiger partial charge in [0, 0.05) is 16.5 Å². The fraction of sp³-hybridized carbons (Fsp3) is 0. The number of aromatic amines is 1. The van der Waals surface area contributed by atoms with Gasteiger partial charge in [-0.25, -0.2) is 0 Å². The topological polar surface area (TPSA) is 39.0 Å². The number of anilines is 6. The number of benzene rings is 6. The molecule has 0 fully saturated rings. The zero-order chi connectivity index (χ0) is 28.6. The SMILES string of the molecule is c1ccc(-c2[nH]nc(-c3ccc(N4c5ccccc5N(c5ccccc5)c5ccccc54)cc3)[n+]2-c2ccccc2)cc1. The third-order valence-electron chi connectivity index (χ3n) is 7.89. The van der Waals surface area contributed by atoms with Gasteiger partial charge in [-0.2, -0.15) is 4.57 Å². The van der Waals surface area contributed by atoms with Crippen molar-refractivity contribution in [2.45, 2.75) is 0 Å². The molecule has 1 aromatic heterocycles. The molecule has 0 bridgehead atoms. The van der Waals surface area contributed by atoms with Crippen LogP contribution >= 0.6 is 0 Å². The smallest absolute Gasteiger partial charge is 0.306 e.